The van der Waals surface area contributed by atoms with Gasteiger partial charge >= 0.3 is 7.12 Å². The maximum Gasteiger partial charge on any atom is 0.507 e. The smallest absolute Gasteiger partial charge is 0.422 e. The Hall–Kier alpha value is -0.515. The van der Waals surface area contributed by atoms with E-state index in [1.807, 2.05) is 0 Å². The van der Waals surface area contributed by atoms with Crippen LogP contribution in [0.25, 0.3) is 0 Å². The molecule has 0 amide bonds. The van der Waals surface area contributed by atoms with Gasteiger partial charge in [-0.2, -0.15) is 5.10 Å². The van der Waals surface area contributed by atoms with E-state index >= 15 is 0 Å². The van der Waals surface area contributed by atoms with Crippen LogP contribution in [0.15, 0.2) is 6.07 Å². The summed E-state index contributed by atoms with van der Waals surface area (Å²) in [6.07, 6.45) is 0. The molecule has 3 N–H and O–H groups in total. The third-order valence-electron chi connectivity index (χ3n) is 1.00. The van der Waals surface area contributed by atoms with Crippen molar-refractivity contribution in [2.75, 3.05) is 0 Å². The molecule has 1 aromatic rings. The van der Waals surface area contributed by atoms with E-state index in [2.05, 4.69) is 10.2 Å². The van der Waals surface area contributed by atoms with E-state index in [0.29, 0.717) is 5.59 Å². The Kier molecular flexibility index (Phi) is 3.42. The second-order valence-corrected chi connectivity index (χ2v) is 1.84. The molecule has 0 aliphatic carbocycles. The summed E-state index contributed by atoms with van der Waals surface area (Å²) in [6, 6.07) is 1.57. The molecule has 0 aliphatic heterocycles. The van der Waals surface area contributed by atoms with Crippen LogP contribution in [0, 0.1) is 6.92 Å². The average Bonchev–Trinajstić information content (AvgIpc) is 2.14. The van der Waals surface area contributed by atoms with Gasteiger partial charge in [-0.05, 0) is 13.0 Å². The van der Waals surface area contributed by atoms with Crippen LogP contribution in [0.5, 0.6) is 0 Å². The standard InChI is InChI=1S/C4H7BN2O2.ClH/c1-3-2-4(5(8)9)7-6-3;/h2,8-9H,1H3,(H,6,7);1H. The number of hydrogen-bond acceptors (Lipinski definition) is 3. The van der Waals surface area contributed by atoms with Crippen LogP contribution in [0.2, 0.25) is 0 Å². The molecule has 1 rings (SSSR count). The first-order valence-corrected chi connectivity index (χ1v) is 2.58. The van der Waals surface area contributed by atoms with Gasteiger partial charge in [0.1, 0.15) is 0 Å². The molecular weight excluding hydrogens is 154 g/mol. The molecule has 0 spiro atoms. The third kappa shape index (κ3) is 2.02. The third-order valence-corrected chi connectivity index (χ3v) is 1.00. The fraction of sp³-hybridized carbons (Fsp3) is 0.250. The summed E-state index contributed by atoms with van der Waals surface area (Å²) in [5.41, 5.74) is 1.07. The summed E-state index contributed by atoms with van der Waals surface area (Å²) in [4.78, 5) is 0. The monoisotopic (exact) mass is 162 g/mol. The van der Waals surface area contributed by atoms with Gasteiger partial charge in [-0.15, -0.1) is 12.4 Å². The largest absolute Gasteiger partial charge is 0.507 e. The Morgan fingerprint density at radius 3 is 2.40 bits per heavy atom. The number of nitrogens with one attached hydrogen (secondary N) is 1. The Labute approximate surface area is 64.8 Å². The van der Waals surface area contributed by atoms with Crippen LogP contribution in [-0.4, -0.2) is 27.4 Å². The van der Waals surface area contributed by atoms with Crippen LogP contribution in [0.4, 0.5) is 0 Å². The van der Waals surface area contributed by atoms with E-state index in [0.717, 1.165) is 5.69 Å². The fourth-order valence-electron chi connectivity index (χ4n) is 0.575. The highest BCUT2D eigenvalue weighted by atomic mass is 35.5. The number of hydrogen-bond donors (Lipinski definition) is 3. The summed E-state index contributed by atoms with van der Waals surface area (Å²) in [5, 5.41) is 23.2. The number of H-pyrrole nitrogens is 1. The van der Waals surface area contributed by atoms with Crippen molar-refractivity contribution < 1.29 is 10.0 Å². The molecule has 56 valence electrons. The van der Waals surface area contributed by atoms with Crippen molar-refractivity contribution in [3.63, 3.8) is 0 Å². The van der Waals surface area contributed by atoms with Gasteiger partial charge in [0.05, 0.1) is 11.3 Å². The van der Waals surface area contributed by atoms with Crippen molar-refractivity contribution in [2.45, 2.75) is 6.92 Å². The highest BCUT2D eigenvalue weighted by Crippen LogP contribution is 1.83. The van der Waals surface area contributed by atoms with Gasteiger partial charge in [-0.1, -0.05) is 0 Å². The number of aromatic nitrogens is 2. The lowest BCUT2D eigenvalue weighted by Crippen LogP contribution is -2.30. The van der Waals surface area contributed by atoms with Crippen LogP contribution in [0.3, 0.4) is 0 Å². The van der Waals surface area contributed by atoms with Crippen LogP contribution in [0.1, 0.15) is 5.69 Å². The molecule has 0 aliphatic rings. The van der Waals surface area contributed by atoms with E-state index in [9.17, 15) is 0 Å². The van der Waals surface area contributed by atoms with E-state index in [1.54, 1.807) is 13.0 Å². The zero-order valence-electron chi connectivity index (χ0n) is 5.40. The predicted molar refractivity (Wildman–Crippen MR) is 40.4 cm³/mol. The molecule has 0 fully saturated rings. The maximum absolute atomic E-state index is 8.52. The number of nitrogens with zero attached hydrogens (tertiary/aromatic N) is 1. The summed E-state index contributed by atoms with van der Waals surface area (Å²) < 4.78 is 0. The zero-order valence-corrected chi connectivity index (χ0v) is 6.22. The fourth-order valence-corrected chi connectivity index (χ4v) is 0.575. The van der Waals surface area contributed by atoms with Crippen molar-refractivity contribution in [2.24, 2.45) is 0 Å². The molecule has 0 radical (unpaired) electrons. The average molecular weight is 162 g/mol. The Morgan fingerprint density at radius 1 is 1.60 bits per heavy atom. The summed E-state index contributed by atoms with van der Waals surface area (Å²) in [5.74, 6) is 0. The van der Waals surface area contributed by atoms with Crippen molar-refractivity contribution in [3.8, 4) is 0 Å². The Balaban J connectivity index is 0.000000810. The van der Waals surface area contributed by atoms with Gasteiger partial charge in [0.25, 0.3) is 0 Å². The Morgan fingerprint density at radius 2 is 2.20 bits per heavy atom. The van der Waals surface area contributed by atoms with Crippen molar-refractivity contribution in [3.05, 3.63) is 11.8 Å². The number of aromatic amines is 1. The van der Waals surface area contributed by atoms with Gasteiger partial charge < -0.3 is 10.0 Å². The van der Waals surface area contributed by atoms with E-state index < -0.39 is 7.12 Å². The highest BCUT2D eigenvalue weighted by Gasteiger charge is 2.12. The normalized spacial score (nSPS) is 8.70. The van der Waals surface area contributed by atoms with Crippen LogP contribution >= 0.6 is 12.4 Å². The van der Waals surface area contributed by atoms with E-state index in [1.165, 1.54) is 0 Å². The first kappa shape index (κ1) is 9.48. The van der Waals surface area contributed by atoms with Crippen molar-refractivity contribution in [1.29, 1.82) is 0 Å². The van der Waals surface area contributed by atoms with Crippen molar-refractivity contribution >= 4 is 25.1 Å². The molecule has 0 unspecified atom stereocenters. The molecule has 1 aromatic heterocycles. The maximum atomic E-state index is 8.52. The van der Waals surface area contributed by atoms with E-state index in [-0.39, 0.29) is 12.4 Å². The van der Waals surface area contributed by atoms with Crippen LogP contribution < -0.4 is 5.59 Å². The summed E-state index contributed by atoms with van der Waals surface area (Å²) >= 11 is 0. The van der Waals surface area contributed by atoms with Gasteiger partial charge in [-0.3, -0.25) is 5.10 Å². The highest BCUT2D eigenvalue weighted by molar-refractivity contribution is 6.57. The lowest BCUT2D eigenvalue weighted by molar-refractivity contribution is 0.424. The number of rotatable bonds is 1. The second kappa shape index (κ2) is 3.60. The minimum atomic E-state index is -1.44. The van der Waals surface area contributed by atoms with Crippen LogP contribution in [-0.2, 0) is 0 Å². The topological polar surface area (TPSA) is 69.1 Å². The minimum absolute atomic E-state index is 0. The SMILES string of the molecule is Cc1cc(B(O)O)[nH]n1.Cl. The van der Waals surface area contributed by atoms with Gasteiger partial charge in [0.2, 0.25) is 0 Å². The van der Waals surface area contributed by atoms with Gasteiger partial charge in [-0.25, -0.2) is 0 Å². The lowest BCUT2D eigenvalue weighted by Gasteiger charge is -1.87. The predicted octanol–water partition coefficient (Wildman–Crippen LogP) is -1.18. The first-order valence-electron chi connectivity index (χ1n) is 2.58. The molecule has 0 aromatic carbocycles. The minimum Gasteiger partial charge on any atom is -0.422 e. The summed E-state index contributed by atoms with van der Waals surface area (Å²) in [6.45, 7) is 1.77. The molecule has 0 saturated heterocycles. The molecule has 1 heterocycles. The molecule has 4 nitrogen and oxygen atoms in total. The molecule has 6 heteroatoms. The zero-order chi connectivity index (χ0) is 6.85. The molecule has 10 heavy (non-hydrogen) atoms. The first-order chi connectivity index (χ1) is 4.20. The quantitative estimate of drug-likeness (QED) is 0.455. The number of aryl methyl sites for hydroxylation is 1. The second-order valence-electron chi connectivity index (χ2n) is 1.84. The lowest BCUT2D eigenvalue weighted by atomic mass is 9.86. The van der Waals surface area contributed by atoms with E-state index in [4.69, 9.17) is 10.0 Å². The number of halogens is 1. The molecule has 0 saturated carbocycles. The summed E-state index contributed by atoms with van der Waals surface area (Å²) in [7, 11) is -1.44. The Bertz CT molecular complexity index is 203. The van der Waals surface area contributed by atoms with Gasteiger partial charge in [0.15, 0.2) is 0 Å². The van der Waals surface area contributed by atoms with Crippen molar-refractivity contribution in [1.82, 2.24) is 10.2 Å². The van der Waals surface area contributed by atoms with Gasteiger partial charge in [0, 0.05) is 0 Å². The molecular formula is C4H8BClN2O2. The molecule has 0 atom stereocenters. The molecule has 0 bridgehead atoms.